The monoisotopic (exact) mass is 381 g/mol. The maximum atomic E-state index is 10.9. The lowest BCUT2D eigenvalue weighted by Crippen LogP contribution is -2.44. The fourth-order valence-corrected chi connectivity index (χ4v) is 3.78. The van der Waals surface area contributed by atoms with Gasteiger partial charge < -0.3 is 9.84 Å². The molecule has 3 heterocycles. The third-order valence-electron chi connectivity index (χ3n) is 4.17. The smallest absolute Gasteiger partial charge is 0.270 e. The molecule has 1 unspecified atom stereocenters. The molecule has 8 nitrogen and oxygen atoms in total. The molecule has 1 fully saturated rings. The minimum absolute atomic E-state index is 0. The van der Waals surface area contributed by atoms with Gasteiger partial charge in [-0.3, -0.25) is 15.0 Å². The van der Waals surface area contributed by atoms with Gasteiger partial charge in [0.05, 0.1) is 15.8 Å². The summed E-state index contributed by atoms with van der Waals surface area (Å²) in [5, 5.41) is 19.1. The first-order valence-corrected chi connectivity index (χ1v) is 8.36. The predicted molar refractivity (Wildman–Crippen MR) is 97.3 cm³/mol. The number of nitrogens with one attached hydrogen (secondary N) is 1. The number of benzene rings is 1. The molecule has 132 valence electrons. The second kappa shape index (κ2) is 7.04. The summed E-state index contributed by atoms with van der Waals surface area (Å²) in [5.74, 6) is 1.11. The van der Waals surface area contributed by atoms with Gasteiger partial charge >= 0.3 is 0 Å². The Balaban J connectivity index is 0.00000182. The van der Waals surface area contributed by atoms with Gasteiger partial charge in [0.25, 0.3) is 11.6 Å². The summed E-state index contributed by atoms with van der Waals surface area (Å²) >= 11 is 1.48. The molecule has 1 saturated heterocycles. The summed E-state index contributed by atoms with van der Waals surface area (Å²) in [6.07, 6.45) is 0. The first-order valence-electron chi connectivity index (χ1n) is 7.55. The number of non-ortho nitro benzene ring substituents is 1. The number of hydrogen-bond donors (Lipinski definition) is 1. The van der Waals surface area contributed by atoms with E-state index >= 15 is 0 Å². The zero-order valence-electron chi connectivity index (χ0n) is 13.3. The van der Waals surface area contributed by atoms with Crippen molar-refractivity contribution in [3.05, 3.63) is 40.2 Å². The van der Waals surface area contributed by atoms with Crippen molar-refractivity contribution in [2.75, 3.05) is 26.7 Å². The highest BCUT2D eigenvalue weighted by Crippen LogP contribution is 2.35. The van der Waals surface area contributed by atoms with Crippen molar-refractivity contribution >= 4 is 39.5 Å². The molecule has 0 aliphatic carbocycles. The Hall–Kier alpha value is -2.07. The van der Waals surface area contributed by atoms with Crippen LogP contribution in [-0.2, 0) is 0 Å². The van der Waals surface area contributed by atoms with Gasteiger partial charge in [0.1, 0.15) is 0 Å². The molecule has 1 N–H and O–H groups in total. The number of hydrogen-bond acceptors (Lipinski definition) is 8. The molecule has 1 aromatic carbocycles. The Morgan fingerprint density at radius 3 is 3.04 bits per heavy atom. The van der Waals surface area contributed by atoms with Crippen LogP contribution in [0.5, 0.6) is 0 Å². The van der Waals surface area contributed by atoms with Crippen LogP contribution in [0.15, 0.2) is 28.8 Å². The van der Waals surface area contributed by atoms with Crippen molar-refractivity contribution in [2.24, 2.45) is 0 Å². The number of halogens is 1. The number of fused-ring (bicyclic) bond motifs is 1. The highest BCUT2D eigenvalue weighted by molar-refractivity contribution is 7.22. The van der Waals surface area contributed by atoms with Gasteiger partial charge in [0.2, 0.25) is 0 Å². The number of aromatic nitrogens is 2. The van der Waals surface area contributed by atoms with Crippen molar-refractivity contribution in [1.29, 1.82) is 0 Å². The highest BCUT2D eigenvalue weighted by atomic mass is 35.5. The number of thiophene rings is 1. The SMILES string of the molecule is CN1CCNCC1c1noc(-c2cc3cc([N+](=O)[O-])ccc3s2)n1.Cl. The third-order valence-corrected chi connectivity index (χ3v) is 5.28. The van der Waals surface area contributed by atoms with E-state index in [9.17, 15) is 10.1 Å². The molecule has 1 aliphatic rings. The molecule has 1 aliphatic heterocycles. The van der Waals surface area contributed by atoms with Gasteiger partial charge in [-0.25, -0.2) is 0 Å². The largest absolute Gasteiger partial charge is 0.333 e. The van der Waals surface area contributed by atoms with Gasteiger partial charge in [-0.1, -0.05) is 5.16 Å². The molecule has 0 spiro atoms. The topological polar surface area (TPSA) is 97.3 Å². The minimum Gasteiger partial charge on any atom is -0.333 e. The maximum Gasteiger partial charge on any atom is 0.270 e. The van der Waals surface area contributed by atoms with Crippen LogP contribution in [-0.4, -0.2) is 46.6 Å². The number of nitro benzene ring substituents is 1. The number of nitrogens with zero attached hydrogens (tertiary/aromatic N) is 4. The molecule has 0 radical (unpaired) electrons. The second-order valence-corrected chi connectivity index (χ2v) is 6.83. The Morgan fingerprint density at radius 2 is 2.28 bits per heavy atom. The van der Waals surface area contributed by atoms with Gasteiger partial charge in [-0.2, -0.15) is 4.98 Å². The molecule has 25 heavy (non-hydrogen) atoms. The summed E-state index contributed by atoms with van der Waals surface area (Å²) in [6, 6.07) is 6.76. The molecule has 0 amide bonds. The lowest BCUT2D eigenvalue weighted by Gasteiger charge is -2.30. The fraction of sp³-hybridized carbons (Fsp3) is 0.333. The molecule has 2 aromatic heterocycles. The molecule has 10 heteroatoms. The van der Waals surface area contributed by atoms with E-state index in [0.717, 1.165) is 34.6 Å². The van der Waals surface area contributed by atoms with E-state index in [1.165, 1.54) is 17.4 Å². The maximum absolute atomic E-state index is 10.9. The van der Waals surface area contributed by atoms with Crippen molar-refractivity contribution in [2.45, 2.75) is 6.04 Å². The van der Waals surface area contributed by atoms with E-state index < -0.39 is 4.92 Å². The van der Waals surface area contributed by atoms with Gasteiger partial charge in [-0.05, 0) is 19.2 Å². The quantitative estimate of drug-likeness (QED) is 0.550. The van der Waals surface area contributed by atoms with Crippen LogP contribution >= 0.6 is 23.7 Å². The first kappa shape index (κ1) is 17.7. The normalized spacial score (nSPS) is 18.2. The van der Waals surface area contributed by atoms with Crippen LogP contribution in [0.1, 0.15) is 11.9 Å². The van der Waals surface area contributed by atoms with Crippen molar-refractivity contribution in [3.8, 4) is 10.8 Å². The minimum atomic E-state index is -0.395. The Morgan fingerprint density at radius 1 is 1.44 bits per heavy atom. The Kier molecular flexibility index (Phi) is 5.00. The van der Waals surface area contributed by atoms with Crippen molar-refractivity contribution < 1.29 is 9.45 Å². The third kappa shape index (κ3) is 3.36. The predicted octanol–water partition coefficient (Wildman–Crippen LogP) is 2.86. The Bertz CT molecular complexity index is 912. The van der Waals surface area contributed by atoms with Crippen LogP contribution in [0.25, 0.3) is 20.9 Å². The number of nitro groups is 1. The molecular weight excluding hydrogens is 366 g/mol. The van der Waals surface area contributed by atoms with Crippen LogP contribution in [0, 0.1) is 10.1 Å². The molecule has 4 rings (SSSR count). The average molecular weight is 382 g/mol. The van der Waals surface area contributed by atoms with E-state index in [2.05, 4.69) is 20.4 Å². The molecular formula is C15H16ClN5O3S. The number of piperazine rings is 1. The van der Waals surface area contributed by atoms with E-state index in [4.69, 9.17) is 4.52 Å². The van der Waals surface area contributed by atoms with E-state index in [-0.39, 0.29) is 24.1 Å². The van der Waals surface area contributed by atoms with Gasteiger partial charge in [0, 0.05) is 41.9 Å². The highest BCUT2D eigenvalue weighted by Gasteiger charge is 2.26. The Labute approximate surface area is 153 Å². The average Bonchev–Trinajstić information content (AvgIpc) is 3.21. The van der Waals surface area contributed by atoms with Gasteiger partial charge in [-0.15, -0.1) is 23.7 Å². The summed E-state index contributed by atoms with van der Waals surface area (Å²) in [7, 11) is 2.04. The zero-order valence-corrected chi connectivity index (χ0v) is 15.0. The summed E-state index contributed by atoms with van der Waals surface area (Å²) < 4.78 is 6.37. The number of rotatable bonds is 3. The second-order valence-electron chi connectivity index (χ2n) is 5.75. The zero-order chi connectivity index (χ0) is 16.7. The first-order chi connectivity index (χ1) is 11.6. The molecule has 1 atom stereocenters. The van der Waals surface area contributed by atoms with Crippen LogP contribution < -0.4 is 5.32 Å². The van der Waals surface area contributed by atoms with Crippen LogP contribution in [0.3, 0.4) is 0 Å². The van der Waals surface area contributed by atoms with Crippen molar-refractivity contribution in [1.82, 2.24) is 20.4 Å². The van der Waals surface area contributed by atoms with Crippen molar-refractivity contribution in [3.63, 3.8) is 0 Å². The van der Waals surface area contributed by atoms with E-state index in [0.29, 0.717) is 11.7 Å². The summed E-state index contributed by atoms with van der Waals surface area (Å²) in [6.45, 7) is 2.67. The van der Waals surface area contributed by atoms with Crippen LogP contribution in [0.2, 0.25) is 0 Å². The van der Waals surface area contributed by atoms with E-state index in [1.807, 2.05) is 13.1 Å². The van der Waals surface area contributed by atoms with Crippen LogP contribution in [0.4, 0.5) is 5.69 Å². The van der Waals surface area contributed by atoms with E-state index in [1.54, 1.807) is 12.1 Å². The molecule has 0 bridgehead atoms. The van der Waals surface area contributed by atoms with Gasteiger partial charge in [0.15, 0.2) is 5.82 Å². The molecule has 0 saturated carbocycles. The lowest BCUT2D eigenvalue weighted by molar-refractivity contribution is -0.384. The molecule has 3 aromatic rings. The fourth-order valence-electron chi connectivity index (χ4n) is 2.81. The summed E-state index contributed by atoms with van der Waals surface area (Å²) in [5.41, 5.74) is 0.0768. The standard InChI is InChI=1S/C15H15N5O3S.ClH/c1-19-5-4-16-8-11(19)14-17-15(23-18-14)13-7-9-6-10(20(21)22)2-3-12(9)24-13;/h2-3,6-7,11,16H,4-5,8H2,1H3;1H. The lowest BCUT2D eigenvalue weighted by atomic mass is 10.2. The number of likely N-dealkylation sites (N-methyl/N-ethyl adjacent to an activating group) is 1. The summed E-state index contributed by atoms with van der Waals surface area (Å²) in [4.78, 5) is 18.0.